The Morgan fingerprint density at radius 2 is 2.17 bits per heavy atom. The van der Waals surface area contributed by atoms with Crippen LogP contribution in [-0.2, 0) is 4.74 Å². The smallest absolute Gasteiger partial charge is 0.270 e. The van der Waals surface area contributed by atoms with Crippen LogP contribution in [0.3, 0.4) is 0 Å². The summed E-state index contributed by atoms with van der Waals surface area (Å²) in [5, 5.41) is 5.80. The molecule has 1 aromatic rings. The van der Waals surface area contributed by atoms with Crippen molar-refractivity contribution in [2.45, 2.75) is 20.3 Å². The summed E-state index contributed by atoms with van der Waals surface area (Å²) in [6, 6.07) is 1.67. The molecule has 1 amide bonds. The molecule has 0 unspecified atom stereocenters. The standard InChI is InChI=1S/C12H20N4O2/c1-4-5-13-11(17)10-8-9(2)15-12(16-10)14-6-7-18-3/h8H,4-7H2,1-3H3,(H,13,17)(H,14,15,16). The lowest BCUT2D eigenvalue weighted by atomic mass is 10.3. The minimum atomic E-state index is -0.169. The second kappa shape index (κ2) is 7.60. The maximum absolute atomic E-state index is 11.8. The summed E-state index contributed by atoms with van der Waals surface area (Å²) in [5.74, 6) is 0.283. The third kappa shape index (κ3) is 4.67. The van der Waals surface area contributed by atoms with Gasteiger partial charge in [-0.3, -0.25) is 4.79 Å². The van der Waals surface area contributed by atoms with E-state index in [0.29, 0.717) is 31.3 Å². The van der Waals surface area contributed by atoms with E-state index in [1.54, 1.807) is 13.2 Å². The van der Waals surface area contributed by atoms with Gasteiger partial charge in [-0.1, -0.05) is 6.92 Å². The van der Waals surface area contributed by atoms with Gasteiger partial charge in [0, 0.05) is 25.9 Å². The van der Waals surface area contributed by atoms with E-state index in [-0.39, 0.29) is 5.91 Å². The number of nitrogens with one attached hydrogen (secondary N) is 2. The first-order valence-electron chi connectivity index (χ1n) is 6.04. The Labute approximate surface area is 107 Å². The molecule has 0 fully saturated rings. The fraction of sp³-hybridized carbons (Fsp3) is 0.583. The fourth-order valence-corrected chi connectivity index (χ4v) is 1.36. The van der Waals surface area contributed by atoms with Crippen molar-refractivity contribution >= 4 is 11.9 Å². The van der Waals surface area contributed by atoms with E-state index in [2.05, 4.69) is 20.6 Å². The summed E-state index contributed by atoms with van der Waals surface area (Å²) in [6.45, 7) is 5.65. The molecule has 0 aliphatic heterocycles. The molecular formula is C12H20N4O2. The Morgan fingerprint density at radius 1 is 1.39 bits per heavy atom. The van der Waals surface area contributed by atoms with E-state index in [1.807, 2.05) is 13.8 Å². The highest BCUT2D eigenvalue weighted by Gasteiger charge is 2.09. The van der Waals surface area contributed by atoms with Crippen molar-refractivity contribution in [3.8, 4) is 0 Å². The van der Waals surface area contributed by atoms with Gasteiger partial charge < -0.3 is 15.4 Å². The van der Waals surface area contributed by atoms with E-state index < -0.39 is 0 Å². The van der Waals surface area contributed by atoms with Crippen LogP contribution in [0, 0.1) is 6.92 Å². The molecule has 6 nitrogen and oxygen atoms in total. The molecule has 2 N–H and O–H groups in total. The first-order valence-corrected chi connectivity index (χ1v) is 6.04. The lowest BCUT2D eigenvalue weighted by molar-refractivity contribution is 0.0948. The van der Waals surface area contributed by atoms with Gasteiger partial charge in [0.2, 0.25) is 5.95 Å². The van der Waals surface area contributed by atoms with E-state index in [4.69, 9.17) is 4.74 Å². The Morgan fingerprint density at radius 3 is 2.83 bits per heavy atom. The molecule has 0 aromatic carbocycles. The Bertz CT molecular complexity index is 396. The molecule has 0 aliphatic carbocycles. The van der Waals surface area contributed by atoms with E-state index in [0.717, 1.165) is 12.1 Å². The molecule has 0 bridgehead atoms. The quantitative estimate of drug-likeness (QED) is 0.708. The SMILES string of the molecule is CCCNC(=O)c1cc(C)nc(NCCOC)n1. The van der Waals surface area contributed by atoms with Crippen molar-refractivity contribution in [2.75, 3.05) is 32.1 Å². The van der Waals surface area contributed by atoms with Crippen LogP contribution >= 0.6 is 0 Å². The Balaban J connectivity index is 2.70. The van der Waals surface area contributed by atoms with Gasteiger partial charge in [-0.15, -0.1) is 0 Å². The second-order valence-corrected chi connectivity index (χ2v) is 3.89. The monoisotopic (exact) mass is 252 g/mol. The number of carbonyl (C=O) groups is 1. The molecule has 0 spiro atoms. The first kappa shape index (κ1) is 14.4. The van der Waals surface area contributed by atoms with E-state index in [9.17, 15) is 4.79 Å². The number of amides is 1. The topological polar surface area (TPSA) is 76.1 Å². The van der Waals surface area contributed by atoms with Crippen LogP contribution in [0.15, 0.2) is 6.07 Å². The molecule has 0 radical (unpaired) electrons. The maximum Gasteiger partial charge on any atom is 0.270 e. The molecular weight excluding hydrogens is 232 g/mol. The largest absolute Gasteiger partial charge is 0.383 e. The van der Waals surface area contributed by atoms with Gasteiger partial charge in [-0.2, -0.15) is 0 Å². The third-order valence-electron chi connectivity index (χ3n) is 2.21. The van der Waals surface area contributed by atoms with Crippen molar-refractivity contribution in [1.29, 1.82) is 0 Å². The minimum absolute atomic E-state index is 0.169. The molecule has 0 saturated heterocycles. The van der Waals surface area contributed by atoms with Crippen LogP contribution in [0.2, 0.25) is 0 Å². The van der Waals surface area contributed by atoms with Gasteiger partial charge in [-0.05, 0) is 19.4 Å². The van der Waals surface area contributed by atoms with Crippen molar-refractivity contribution in [2.24, 2.45) is 0 Å². The fourth-order valence-electron chi connectivity index (χ4n) is 1.36. The van der Waals surface area contributed by atoms with Crippen LogP contribution in [0.1, 0.15) is 29.5 Å². The normalized spacial score (nSPS) is 10.2. The summed E-state index contributed by atoms with van der Waals surface area (Å²) in [4.78, 5) is 20.2. The van der Waals surface area contributed by atoms with Crippen molar-refractivity contribution in [3.05, 3.63) is 17.5 Å². The number of ether oxygens (including phenoxy) is 1. The average Bonchev–Trinajstić information content (AvgIpc) is 2.35. The van der Waals surface area contributed by atoms with Crippen LogP contribution in [0.5, 0.6) is 0 Å². The number of carbonyl (C=O) groups excluding carboxylic acids is 1. The highest BCUT2D eigenvalue weighted by molar-refractivity contribution is 5.92. The number of aryl methyl sites for hydroxylation is 1. The Kier molecular flexibility index (Phi) is 6.07. The maximum atomic E-state index is 11.8. The number of anilines is 1. The second-order valence-electron chi connectivity index (χ2n) is 3.89. The molecule has 1 aromatic heterocycles. The number of aromatic nitrogens is 2. The first-order chi connectivity index (χ1) is 8.67. The van der Waals surface area contributed by atoms with Gasteiger partial charge in [0.05, 0.1) is 6.61 Å². The van der Waals surface area contributed by atoms with Gasteiger partial charge >= 0.3 is 0 Å². The molecule has 1 heterocycles. The average molecular weight is 252 g/mol. The summed E-state index contributed by atoms with van der Waals surface area (Å²) >= 11 is 0. The highest BCUT2D eigenvalue weighted by Crippen LogP contribution is 2.04. The molecule has 100 valence electrons. The lowest BCUT2D eigenvalue weighted by Gasteiger charge is -2.08. The zero-order chi connectivity index (χ0) is 13.4. The van der Waals surface area contributed by atoms with Gasteiger partial charge in [0.1, 0.15) is 5.69 Å². The van der Waals surface area contributed by atoms with Crippen LogP contribution in [-0.4, -0.2) is 42.7 Å². The minimum Gasteiger partial charge on any atom is -0.383 e. The van der Waals surface area contributed by atoms with Gasteiger partial charge in [0.25, 0.3) is 5.91 Å². The van der Waals surface area contributed by atoms with Crippen LogP contribution in [0.4, 0.5) is 5.95 Å². The Hall–Kier alpha value is -1.69. The van der Waals surface area contributed by atoms with Crippen molar-refractivity contribution in [1.82, 2.24) is 15.3 Å². The molecule has 6 heteroatoms. The molecule has 18 heavy (non-hydrogen) atoms. The van der Waals surface area contributed by atoms with E-state index >= 15 is 0 Å². The number of nitrogens with zero attached hydrogens (tertiary/aromatic N) is 2. The highest BCUT2D eigenvalue weighted by atomic mass is 16.5. The van der Waals surface area contributed by atoms with Crippen molar-refractivity contribution < 1.29 is 9.53 Å². The zero-order valence-electron chi connectivity index (χ0n) is 11.1. The number of rotatable bonds is 7. The summed E-state index contributed by atoms with van der Waals surface area (Å²) in [6.07, 6.45) is 0.898. The lowest BCUT2D eigenvalue weighted by Crippen LogP contribution is -2.25. The van der Waals surface area contributed by atoms with Crippen molar-refractivity contribution in [3.63, 3.8) is 0 Å². The molecule has 0 atom stereocenters. The molecule has 0 saturated carbocycles. The van der Waals surface area contributed by atoms with E-state index in [1.165, 1.54) is 0 Å². The predicted octanol–water partition coefficient (Wildman–Crippen LogP) is 0.983. The summed E-state index contributed by atoms with van der Waals surface area (Å²) in [5.41, 5.74) is 1.14. The third-order valence-corrected chi connectivity index (χ3v) is 2.21. The number of hydrogen-bond acceptors (Lipinski definition) is 5. The zero-order valence-corrected chi connectivity index (χ0v) is 11.1. The van der Waals surface area contributed by atoms with Crippen LogP contribution in [0.25, 0.3) is 0 Å². The molecule has 0 aliphatic rings. The molecule has 1 rings (SSSR count). The van der Waals surface area contributed by atoms with Gasteiger partial charge in [0.15, 0.2) is 0 Å². The number of methoxy groups -OCH3 is 1. The summed E-state index contributed by atoms with van der Waals surface area (Å²) < 4.78 is 4.93. The predicted molar refractivity (Wildman–Crippen MR) is 69.8 cm³/mol. The van der Waals surface area contributed by atoms with Gasteiger partial charge in [-0.25, -0.2) is 9.97 Å². The summed E-state index contributed by atoms with van der Waals surface area (Å²) in [7, 11) is 1.63. The van der Waals surface area contributed by atoms with Crippen LogP contribution < -0.4 is 10.6 Å². The number of hydrogen-bond donors (Lipinski definition) is 2.